The first-order valence-corrected chi connectivity index (χ1v) is 18.7. The highest BCUT2D eigenvalue weighted by Gasteiger charge is 2.90. The standard InChI is InChI=1S/C24H12F30I3N3/c25-10(26,1-4-55)16(37,38)22(49,50)19(43,44)13(31,32)7-58-8(14(33,34)20(45,46)23(51,52)17(39,40)11(27,28)2-5-56)60-9(59-7)15(35,36)21(47,48)24(53,54)18(41,42)12(29,30)3-6-57/h1-6H2. The van der Waals surface area contributed by atoms with Crippen molar-refractivity contribution in [3.8, 4) is 0 Å². The summed E-state index contributed by atoms with van der Waals surface area (Å²) in [5.41, 5.74) is 0. The molecule has 0 unspecified atom stereocenters. The lowest BCUT2D eigenvalue weighted by Crippen LogP contribution is -2.67. The molecule has 0 aliphatic carbocycles. The summed E-state index contributed by atoms with van der Waals surface area (Å²) in [4.78, 5) is 2.45. The summed E-state index contributed by atoms with van der Waals surface area (Å²) in [5, 5.41) is 0. The quantitative estimate of drug-likeness (QED) is 0.0699. The predicted molar refractivity (Wildman–Crippen MR) is 161 cm³/mol. The Morgan fingerprint density at radius 3 is 0.533 bits per heavy atom. The number of nitrogens with zero attached hydrogens (tertiary/aromatic N) is 3. The normalized spacial score (nSPS) is 16.1. The fourth-order valence-corrected chi connectivity index (χ4v) is 5.95. The maximum Gasteiger partial charge on any atom is 0.386 e. The maximum absolute atomic E-state index is 15.0. The van der Waals surface area contributed by atoms with Crippen molar-refractivity contribution in [2.45, 2.75) is 108 Å². The van der Waals surface area contributed by atoms with Crippen LogP contribution in [-0.2, 0) is 17.8 Å². The Labute approximate surface area is 352 Å². The van der Waals surface area contributed by atoms with E-state index in [1.54, 1.807) is 0 Å². The second-order valence-corrected chi connectivity index (χ2v) is 14.9. The molecule has 0 N–H and O–H groups in total. The summed E-state index contributed by atoms with van der Waals surface area (Å²) in [7, 11) is 0. The van der Waals surface area contributed by atoms with Gasteiger partial charge in [-0.15, -0.1) is 0 Å². The van der Waals surface area contributed by atoms with Crippen LogP contribution in [0.25, 0.3) is 0 Å². The second-order valence-electron chi connectivity index (χ2n) is 11.6. The third kappa shape index (κ3) is 8.08. The molecule has 354 valence electrons. The van der Waals surface area contributed by atoms with E-state index in [4.69, 9.17) is 0 Å². The Morgan fingerprint density at radius 2 is 0.400 bits per heavy atom. The number of alkyl halides is 33. The second kappa shape index (κ2) is 16.5. The third-order valence-electron chi connectivity index (χ3n) is 7.63. The Morgan fingerprint density at radius 1 is 0.250 bits per heavy atom. The zero-order valence-corrected chi connectivity index (χ0v) is 33.5. The topological polar surface area (TPSA) is 38.7 Å². The van der Waals surface area contributed by atoms with Crippen LogP contribution in [0.15, 0.2) is 0 Å². The minimum atomic E-state index is -8.71. The fourth-order valence-electron chi connectivity index (χ4n) is 3.92. The Bertz CT molecular complexity index is 1480. The molecule has 0 aromatic carbocycles. The van der Waals surface area contributed by atoms with Crippen molar-refractivity contribution in [3.05, 3.63) is 17.5 Å². The highest BCUT2D eigenvalue weighted by atomic mass is 127. The molecular weight excluding hydrogens is 1280 g/mol. The predicted octanol–water partition coefficient (Wildman–Crippen LogP) is 13.2. The van der Waals surface area contributed by atoms with Crippen molar-refractivity contribution in [1.29, 1.82) is 0 Å². The van der Waals surface area contributed by atoms with E-state index in [2.05, 4.69) is 0 Å². The summed E-state index contributed by atoms with van der Waals surface area (Å²) in [6, 6.07) is 0. The first-order valence-electron chi connectivity index (χ1n) is 14.1. The molecule has 0 saturated heterocycles. The first-order chi connectivity index (χ1) is 26.0. The van der Waals surface area contributed by atoms with Crippen LogP contribution in [0, 0.1) is 0 Å². The molecule has 36 heteroatoms. The average Bonchev–Trinajstić information content (AvgIpc) is 3.06. The maximum atomic E-state index is 15.0. The van der Waals surface area contributed by atoms with Gasteiger partial charge in [0.15, 0.2) is 0 Å². The van der Waals surface area contributed by atoms with Gasteiger partial charge in [0, 0.05) is 32.5 Å². The van der Waals surface area contributed by atoms with Crippen molar-refractivity contribution in [3.63, 3.8) is 0 Å². The van der Waals surface area contributed by atoms with Crippen molar-refractivity contribution >= 4 is 67.8 Å². The SMILES string of the molecule is FC(F)(CCI)C(F)(F)C(F)(F)C(F)(F)C(F)(F)c1nc(C(F)(F)C(F)(F)C(F)(F)C(F)(F)C(F)(F)CCI)nc(C(F)(F)C(F)(F)C(F)(F)C(F)(F)C(F)(F)CCI)n1. The van der Waals surface area contributed by atoms with Crippen LogP contribution in [0.1, 0.15) is 36.7 Å². The van der Waals surface area contributed by atoms with Gasteiger partial charge in [-0.1, -0.05) is 67.8 Å². The van der Waals surface area contributed by atoms with Crippen molar-refractivity contribution < 1.29 is 132 Å². The first kappa shape index (κ1) is 57.1. The van der Waals surface area contributed by atoms with E-state index in [1.807, 2.05) is 0 Å². The molecule has 0 atom stereocenters. The van der Waals surface area contributed by atoms with Crippen molar-refractivity contribution in [1.82, 2.24) is 15.0 Å². The molecule has 1 rings (SSSR count). The highest BCUT2D eigenvalue weighted by molar-refractivity contribution is 14.1. The van der Waals surface area contributed by atoms with Crippen molar-refractivity contribution in [2.75, 3.05) is 13.3 Å². The van der Waals surface area contributed by atoms with Gasteiger partial charge in [-0.05, 0) is 0 Å². The van der Waals surface area contributed by atoms with E-state index >= 15 is 26.3 Å². The lowest BCUT2D eigenvalue weighted by molar-refractivity contribution is -0.408. The van der Waals surface area contributed by atoms with Crippen LogP contribution in [0.4, 0.5) is 132 Å². The van der Waals surface area contributed by atoms with E-state index in [-0.39, 0.29) is 0 Å². The monoisotopic (exact) mass is 1290 g/mol. The lowest BCUT2D eigenvalue weighted by atomic mass is 9.91. The molecule has 60 heavy (non-hydrogen) atoms. The molecule has 1 heterocycles. The largest absolute Gasteiger partial charge is 0.386 e. The summed E-state index contributed by atoms with van der Waals surface area (Å²) >= 11 is 1.89. The molecule has 1 aromatic rings. The average molecular weight is 1290 g/mol. The molecule has 0 spiro atoms. The summed E-state index contributed by atoms with van der Waals surface area (Å²) in [6.45, 7) is 0. The number of aromatic nitrogens is 3. The highest BCUT2D eigenvalue weighted by Crippen LogP contribution is 2.64. The van der Waals surface area contributed by atoms with Crippen LogP contribution in [0.5, 0.6) is 0 Å². The zero-order valence-electron chi connectivity index (χ0n) is 27.1. The number of rotatable bonds is 21. The molecule has 0 aliphatic heterocycles. The number of hydrogen-bond acceptors (Lipinski definition) is 3. The zero-order chi connectivity index (χ0) is 48.6. The third-order valence-corrected chi connectivity index (χ3v) is 9.25. The van der Waals surface area contributed by atoms with Gasteiger partial charge in [-0.2, -0.15) is 132 Å². The molecule has 1 aromatic heterocycles. The van der Waals surface area contributed by atoms with Crippen LogP contribution in [0.2, 0.25) is 0 Å². The van der Waals surface area contributed by atoms with Crippen LogP contribution in [-0.4, -0.2) is 99.3 Å². The minimum Gasteiger partial charge on any atom is -0.205 e. The molecule has 0 aliphatic rings. The van der Waals surface area contributed by atoms with Crippen LogP contribution < -0.4 is 0 Å². The molecule has 0 bridgehead atoms. The summed E-state index contributed by atoms with van der Waals surface area (Å²) in [6.07, 6.45) is -8.11. The Hall–Kier alpha value is -0.900. The fraction of sp³-hybridized carbons (Fsp3) is 0.875. The molecular formula is C24H12F30I3N3. The minimum absolute atomic E-state index is 0.629. The van der Waals surface area contributed by atoms with Crippen LogP contribution in [0.3, 0.4) is 0 Å². The lowest BCUT2D eigenvalue weighted by Gasteiger charge is -2.40. The number of halogens is 33. The van der Waals surface area contributed by atoms with Gasteiger partial charge in [-0.25, -0.2) is 15.0 Å². The van der Waals surface area contributed by atoms with Gasteiger partial charge >= 0.3 is 88.8 Å². The van der Waals surface area contributed by atoms with E-state index < -0.39 is 139 Å². The molecule has 0 amide bonds. The summed E-state index contributed by atoms with van der Waals surface area (Å²) in [5.74, 6) is -136. The molecule has 0 radical (unpaired) electrons. The van der Waals surface area contributed by atoms with Gasteiger partial charge in [0.25, 0.3) is 0 Å². The van der Waals surface area contributed by atoms with E-state index in [0.717, 1.165) is 15.0 Å². The smallest absolute Gasteiger partial charge is 0.205 e. The Kier molecular flexibility index (Phi) is 15.7. The van der Waals surface area contributed by atoms with E-state index in [1.165, 1.54) is 0 Å². The van der Waals surface area contributed by atoms with E-state index in [0.29, 0.717) is 67.8 Å². The molecule has 0 fully saturated rings. The van der Waals surface area contributed by atoms with Gasteiger partial charge in [0.05, 0.1) is 0 Å². The summed E-state index contributed by atoms with van der Waals surface area (Å²) < 4.78 is 427. The van der Waals surface area contributed by atoms with E-state index in [9.17, 15) is 105 Å². The van der Waals surface area contributed by atoms with Gasteiger partial charge in [0.1, 0.15) is 0 Å². The molecule has 3 nitrogen and oxygen atoms in total. The van der Waals surface area contributed by atoms with Gasteiger partial charge in [-0.3, -0.25) is 0 Å². The Balaban J connectivity index is 4.66. The van der Waals surface area contributed by atoms with Crippen LogP contribution >= 0.6 is 67.8 Å². The van der Waals surface area contributed by atoms with Gasteiger partial charge in [0.2, 0.25) is 17.5 Å². The molecule has 0 saturated carbocycles. The van der Waals surface area contributed by atoms with Gasteiger partial charge < -0.3 is 0 Å². The van der Waals surface area contributed by atoms with Crippen molar-refractivity contribution in [2.24, 2.45) is 0 Å². The number of hydrogen-bond donors (Lipinski definition) is 0.